The van der Waals surface area contributed by atoms with Gasteiger partial charge in [-0.2, -0.15) is 0 Å². The van der Waals surface area contributed by atoms with Gasteiger partial charge in [-0.1, -0.05) is 30.2 Å². The molecular formula is C17H26ClN3O. The molecule has 0 spiro atoms. The van der Waals surface area contributed by atoms with Gasteiger partial charge < -0.3 is 15.5 Å². The van der Waals surface area contributed by atoms with Crippen LogP contribution < -0.4 is 10.6 Å². The molecule has 122 valence electrons. The Morgan fingerprint density at radius 3 is 2.95 bits per heavy atom. The Kier molecular flexibility index (Phi) is 6.52. The second-order valence-corrected chi connectivity index (χ2v) is 6.45. The van der Waals surface area contributed by atoms with Crippen molar-refractivity contribution in [1.82, 2.24) is 10.2 Å². The number of para-hydroxylation sites is 1. The van der Waals surface area contributed by atoms with Gasteiger partial charge in [-0.3, -0.25) is 0 Å². The molecule has 0 saturated carbocycles. The van der Waals surface area contributed by atoms with E-state index in [-0.39, 0.29) is 6.03 Å². The summed E-state index contributed by atoms with van der Waals surface area (Å²) in [7, 11) is 0. The third kappa shape index (κ3) is 4.89. The molecule has 22 heavy (non-hydrogen) atoms. The zero-order chi connectivity index (χ0) is 15.9. The molecule has 2 amide bonds. The van der Waals surface area contributed by atoms with Gasteiger partial charge in [-0.05, 0) is 51.3 Å². The van der Waals surface area contributed by atoms with Gasteiger partial charge in [0, 0.05) is 19.1 Å². The van der Waals surface area contributed by atoms with E-state index in [0.717, 1.165) is 18.5 Å². The number of carbonyl (C=O) groups is 1. The first kappa shape index (κ1) is 17.1. The normalized spacial score (nSPS) is 19.0. The zero-order valence-electron chi connectivity index (χ0n) is 13.5. The summed E-state index contributed by atoms with van der Waals surface area (Å²) < 4.78 is 0. The first-order chi connectivity index (χ1) is 10.6. The molecule has 1 fully saturated rings. The van der Waals surface area contributed by atoms with Gasteiger partial charge in [0.05, 0.1) is 10.7 Å². The number of halogens is 1. The van der Waals surface area contributed by atoms with Crippen LogP contribution in [-0.4, -0.2) is 36.6 Å². The minimum atomic E-state index is -0.192. The molecule has 5 heteroatoms. The number of piperidine rings is 1. The minimum absolute atomic E-state index is 0.192. The molecular weight excluding hydrogens is 298 g/mol. The van der Waals surface area contributed by atoms with E-state index in [9.17, 15) is 4.79 Å². The lowest BCUT2D eigenvalue weighted by molar-refractivity contribution is 0.159. The molecule has 1 atom stereocenters. The number of hydrogen-bond donors (Lipinski definition) is 2. The van der Waals surface area contributed by atoms with E-state index in [1.54, 1.807) is 6.07 Å². The van der Waals surface area contributed by atoms with E-state index in [2.05, 4.69) is 22.5 Å². The largest absolute Gasteiger partial charge is 0.338 e. The molecule has 4 nitrogen and oxygen atoms in total. The third-order valence-corrected chi connectivity index (χ3v) is 4.62. The van der Waals surface area contributed by atoms with Crippen LogP contribution in [0, 0.1) is 6.92 Å². The van der Waals surface area contributed by atoms with Crippen molar-refractivity contribution < 1.29 is 4.79 Å². The Balaban J connectivity index is 1.70. The number of amides is 2. The lowest BCUT2D eigenvalue weighted by atomic mass is 10.0. The molecule has 0 aliphatic carbocycles. The summed E-state index contributed by atoms with van der Waals surface area (Å²) in [6, 6.07) is 6.07. The van der Waals surface area contributed by atoms with Crippen LogP contribution in [0.25, 0.3) is 0 Å². The number of carbonyl (C=O) groups excluding carboxylic acids is 1. The standard InChI is InChI=1S/C17H26ClN3O/c1-13-7-5-9-15(18)16(13)20-17(22)19-10-6-12-21-11-4-3-8-14(21)2/h5,7,9,14H,3-4,6,8,10-12H2,1-2H3,(H2,19,20,22). The smallest absolute Gasteiger partial charge is 0.319 e. The fourth-order valence-corrected chi connectivity index (χ4v) is 3.19. The molecule has 0 bridgehead atoms. The minimum Gasteiger partial charge on any atom is -0.338 e. The number of aryl methyl sites for hydroxylation is 1. The Morgan fingerprint density at radius 2 is 2.23 bits per heavy atom. The highest BCUT2D eigenvalue weighted by molar-refractivity contribution is 6.33. The number of hydrogen-bond acceptors (Lipinski definition) is 2. The van der Waals surface area contributed by atoms with E-state index in [0.29, 0.717) is 23.3 Å². The van der Waals surface area contributed by atoms with Crippen molar-refractivity contribution in [2.24, 2.45) is 0 Å². The van der Waals surface area contributed by atoms with Crippen molar-refractivity contribution in [3.05, 3.63) is 28.8 Å². The number of likely N-dealkylation sites (tertiary alicyclic amines) is 1. The van der Waals surface area contributed by atoms with E-state index >= 15 is 0 Å². The van der Waals surface area contributed by atoms with Gasteiger partial charge in [0.25, 0.3) is 0 Å². The predicted octanol–water partition coefficient (Wildman–Crippen LogP) is 4.03. The van der Waals surface area contributed by atoms with Crippen LogP contribution >= 0.6 is 11.6 Å². The van der Waals surface area contributed by atoms with E-state index in [1.165, 1.54) is 25.8 Å². The molecule has 2 rings (SSSR count). The third-order valence-electron chi connectivity index (χ3n) is 4.31. The summed E-state index contributed by atoms with van der Waals surface area (Å²) >= 11 is 6.10. The molecule has 1 aliphatic rings. The lowest BCUT2D eigenvalue weighted by Crippen LogP contribution is -2.39. The van der Waals surface area contributed by atoms with Gasteiger partial charge in [-0.25, -0.2) is 4.79 Å². The van der Waals surface area contributed by atoms with Gasteiger partial charge >= 0.3 is 6.03 Å². The molecule has 1 saturated heterocycles. The highest BCUT2D eigenvalue weighted by Crippen LogP contribution is 2.24. The van der Waals surface area contributed by atoms with E-state index in [1.807, 2.05) is 19.1 Å². The van der Waals surface area contributed by atoms with E-state index < -0.39 is 0 Å². The Bertz CT molecular complexity index is 486. The van der Waals surface area contributed by atoms with Crippen LogP contribution in [0.2, 0.25) is 5.02 Å². The second-order valence-electron chi connectivity index (χ2n) is 6.05. The number of benzene rings is 1. The topological polar surface area (TPSA) is 44.4 Å². The average molecular weight is 324 g/mol. The summed E-state index contributed by atoms with van der Waals surface area (Å²) in [5.74, 6) is 0. The van der Waals surface area contributed by atoms with Crippen molar-refractivity contribution >= 4 is 23.3 Å². The lowest BCUT2D eigenvalue weighted by Gasteiger charge is -2.33. The second kappa shape index (κ2) is 8.39. The quantitative estimate of drug-likeness (QED) is 0.803. The summed E-state index contributed by atoms with van der Waals surface area (Å²) in [6.07, 6.45) is 4.90. The Hall–Kier alpha value is -1.26. The number of rotatable bonds is 5. The summed E-state index contributed by atoms with van der Waals surface area (Å²) in [5, 5.41) is 6.30. The van der Waals surface area contributed by atoms with Crippen LogP contribution in [0.15, 0.2) is 18.2 Å². The maximum atomic E-state index is 11.9. The average Bonchev–Trinajstić information content (AvgIpc) is 2.49. The van der Waals surface area contributed by atoms with Crippen LogP contribution in [0.1, 0.15) is 38.2 Å². The number of nitrogens with zero attached hydrogens (tertiary/aromatic N) is 1. The Morgan fingerprint density at radius 1 is 1.41 bits per heavy atom. The molecule has 0 aromatic heterocycles. The van der Waals surface area contributed by atoms with Crippen LogP contribution in [0.4, 0.5) is 10.5 Å². The van der Waals surface area contributed by atoms with Gasteiger partial charge in [-0.15, -0.1) is 0 Å². The first-order valence-corrected chi connectivity index (χ1v) is 8.49. The first-order valence-electron chi connectivity index (χ1n) is 8.12. The van der Waals surface area contributed by atoms with Crippen LogP contribution in [0.3, 0.4) is 0 Å². The number of urea groups is 1. The van der Waals surface area contributed by atoms with Crippen molar-refractivity contribution in [2.45, 2.75) is 45.6 Å². The monoisotopic (exact) mass is 323 g/mol. The summed E-state index contributed by atoms with van der Waals surface area (Å²) in [5.41, 5.74) is 1.65. The molecule has 2 N–H and O–H groups in total. The van der Waals surface area contributed by atoms with Gasteiger partial charge in [0.15, 0.2) is 0 Å². The highest BCUT2D eigenvalue weighted by Gasteiger charge is 2.17. The van der Waals surface area contributed by atoms with Crippen LogP contribution in [0.5, 0.6) is 0 Å². The molecule has 1 unspecified atom stereocenters. The fraction of sp³-hybridized carbons (Fsp3) is 0.588. The van der Waals surface area contributed by atoms with Crippen molar-refractivity contribution in [3.8, 4) is 0 Å². The van der Waals surface area contributed by atoms with Gasteiger partial charge in [0.1, 0.15) is 0 Å². The maximum Gasteiger partial charge on any atom is 0.319 e. The molecule has 1 heterocycles. The molecule has 0 radical (unpaired) electrons. The number of anilines is 1. The molecule has 1 aromatic rings. The predicted molar refractivity (Wildman–Crippen MR) is 92.7 cm³/mol. The van der Waals surface area contributed by atoms with Gasteiger partial charge in [0.2, 0.25) is 0 Å². The number of nitrogens with one attached hydrogen (secondary N) is 2. The molecule has 1 aromatic carbocycles. The zero-order valence-corrected chi connectivity index (χ0v) is 14.2. The SMILES string of the molecule is Cc1cccc(Cl)c1NC(=O)NCCCN1CCCCC1C. The van der Waals surface area contributed by atoms with E-state index in [4.69, 9.17) is 11.6 Å². The maximum absolute atomic E-state index is 11.9. The van der Waals surface area contributed by atoms with Crippen molar-refractivity contribution in [3.63, 3.8) is 0 Å². The summed E-state index contributed by atoms with van der Waals surface area (Å²) in [4.78, 5) is 14.5. The highest BCUT2D eigenvalue weighted by atomic mass is 35.5. The van der Waals surface area contributed by atoms with Crippen molar-refractivity contribution in [1.29, 1.82) is 0 Å². The van der Waals surface area contributed by atoms with Crippen molar-refractivity contribution in [2.75, 3.05) is 25.0 Å². The van der Waals surface area contributed by atoms with Crippen LogP contribution in [-0.2, 0) is 0 Å². The fourth-order valence-electron chi connectivity index (χ4n) is 2.92. The Labute approximate surface area is 138 Å². The molecule has 1 aliphatic heterocycles. The summed E-state index contributed by atoms with van der Waals surface area (Å²) in [6.45, 7) is 7.13.